The van der Waals surface area contributed by atoms with Crippen LogP contribution in [0.25, 0.3) is 0 Å². The summed E-state index contributed by atoms with van der Waals surface area (Å²) in [4.78, 5) is 14.7. The molecule has 1 aromatic carbocycles. The van der Waals surface area contributed by atoms with Crippen LogP contribution >= 0.6 is 0 Å². The SMILES string of the molecule is COc1ccc(NC(=O)N(Cc2cccn2C)C2CC2)c(OC)c1. The third-order valence-electron chi connectivity index (χ3n) is 4.28. The van der Waals surface area contributed by atoms with E-state index in [4.69, 9.17) is 9.47 Å². The molecule has 1 aliphatic carbocycles. The Balaban J connectivity index is 1.75. The Hall–Kier alpha value is -2.63. The van der Waals surface area contributed by atoms with Crippen LogP contribution in [0.3, 0.4) is 0 Å². The average Bonchev–Trinajstić information content (AvgIpc) is 3.35. The minimum atomic E-state index is -0.109. The number of nitrogens with zero attached hydrogens (tertiary/aromatic N) is 2. The highest BCUT2D eigenvalue weighted by Gasteiger charge is 2.33. The van der Waals surface area contributed by atoms with Crippen molar-refractivity contribution in [2.75, 3.05) is 19.5 Å². The number of anilines is 1. The van der Waals surface area contributed by atoms with Crippen molar-refractivity contribution in [3.8, 4) is 11.5 Å². The first-order valence-corrected chi connectivity index (χ1v) is 8.02. The molecule has 3 rings (SSSR count). The van der Waals surface area contributed by atoms with Crippen LogP contribution in [-0.4, -0.2) is 35.8 Å². The standard InChI is InChI=1S/C18H23N3O3/c1-20-10-4-5-14(20)12-21(13-6-7-13)18(22)19-16-9-8-15(23-2)11-17(16)24-3/h4-5,8-11,13H,6-7,12H2,1-3H3,(H,19,22). The highest BCUT2D eigenvalue weighted by atomic mass is 16.5. The number of carbonyl (C=O) groups excluding carboxylic acids is 1. The van der Waals surface area contributed by atoms with Crippen molar-refractivity contribution in [3.63, 3.8) is 0 Å². The zero-order valence-corrected chi connectivity index (χ0v) is 14.3. The van der Waals surface area contributed by atoms with E-state index >= 15 is 0 Å². The number of ether oxygens (including phenoxy) is 2. The zero-order valence-electron chi connectivity index (χ0n) is 14.3. The normalized spacial score (nSPS) is 13.5. The van der Waals surface area contributed by atoms with E-state index in [0.29, 0.717) is 29.8 Å². The van der Waals surface area contributed by atoms with Gasteiger partial charge < -0.3 is 24.3 Å². The molecule has 0 atom stereocenters. The van der Waals surface area contributed by atoms with Crippen molar-refractivity contribution in [2.45, 2.75) is 25.4 Å². The van der Waals surface area contributed by atoms with E-state index in [0.717, 1.165) is 18.5 Å². The second-order valence-electron chi connectivity index (χ2n) is 5.97. The summed E-state index contributed by atoms with van der Waals surface area (Å²) in [5, 5.41) is 2.96. The van der Waals surface area contributed by atoms with Crippen molar-refractivity contribution >= 4 is 11.7 Å². The van der Waals surface area contributed by atoms with Crippen LogP contribution in [0, 0.1) is 0 Å². The van der Waals surface area contributed by atoms with Gasteiger partial charge in [0.15, 0.2) is 0 Å². The molecular formula is C18H23N3O3. The van der Waals surface area contributed by atoms with Crippen molar-refractivity contribution in [2.24, 2.45) is 7.05 Å². The highest BCUT2D eigenvalue weighted by molar-refractivity contribution is 5.91. The first kappa shape index (κ1) is 16.2. The molecule has 0 saturated heterocycles. The second-order valence-corrected chi connectivity index (χ2v) is 5.97. The molecule has 1 saturated carbocycles. The molecule has 1 heterocycles. The van der Waals surface area contributed by atoms with E-state index in [-0.39, 0.29) is 6.03 Å². The van der Waals surface area contributed by atoms with Crippen LogP contribution in [0.4, 0.5) is 10.5 Å². The number of nitrogens with one attached hydrogen (secondary N) is 1. The van der Waals surface area contributed by atoms with Gasteiger partial charge in [0, 0.05) is 31.0 Å². The molecule has 24 heavy (non-hydrogen) atoms. The monoisotopic (exact) mass is 329 g/mol. The minimum absolute atomic E-state index is 0.109. The Morgan fingerprint density at radius 3 is 2.67 bits per heavy atom. The van der Waals surface area contributed by atoms with Crippen LogP contribution in [-0.2, 0) is 13.6 Å². The third kappa shape index (κ3) is 3.48. The molecule has 6 nitrogen and oxygen atoms in total. The Labute approximate surface area is 142 Å². The van der Waals surface area contributed by atoms with Gasteiger partial charge in [-0.1, -0.05) is 0 Å². The lowest BCUT2D eigenvalue weighted by atomic mass is 10.2. The Morgan fingerprint density at radius 2 is 2.08 bits per heavy atom. The number of benzene rings is 1. The number of rotatable bonds is 6. The van der Waals surface area contributed by atoms with Gasteiger partial charge in [0.1, 0.15) is 11.5 Å². The van der Waals surface area contributed by atoms with E-state index in [1.807, 2.05) is 34.8 Å². The molecule has 1 aliphatic rings. The Kier molecular flexibility index (Phi) is 4.64. The summed E-state index contributed by atoms with van der Waals surface area (Å²) in [6.07, 6.45) is 4.10. The lowest BCUT2D eigenvalue weighted by Crippen LogP contribution is -2.36. The molecule has 0 aliphatic heterocycles. The third-order valence-corrected chi connectivity index (χ3v) is 4.28. The van der Waals surface area contributed by atoms with E-state index in [1.165, 1.54) is 0 Å². The fraction of sp³-hybridized carbons (Fsp3) is 0.389. The first-order chi connectivity index (χ1) is 11.6. The molecule has 0 bridgehead atoms. The lowest BCUT2D eigenvalue weighted by molar-refractivity contribution is 0.204. The van der Waals surface area contributed by atoms with E-state index in [2.05, 4.69) is 5.32 Å². The van der Waals surface area contributed by atoms with Gasteiger partial charge in [-0.05, 0) is 37.1 Å². The van der Waals surface area contributed by atoms with E-state index < -0.39 is 0 Å². The number of carbonyl (C=O) groups is 1. The molecule has 6 heteroatoms. The number of amides is 2. The van der Waals surface area contributed by atoms with Gasteiger partial charge in [0.05, 0.1) is 26.5 Å². The van der Waals surface area contributed by atoms with Gasteiger partial charge in [-0.15, -0.1) is 0 Å². The van der Waals surface area contributed by atoms with E-state index in [9.17, 15) is 4.79 Å². The number of urea groups is 1. The van der Waals surface area contributed by atoms with Crippen molar-refractivity contribution in [1.82, 2.24) is 9.47 Å². The number of methoxy groups -OCH3 is 2. The molecule has 1 fully saturated rings. The first-order valence-electron chi connectivity index (χ1n) is 8.02. The van der Waals surface area contributed by atoms with E-state index in [1.54, 1.807) is 32.4 Å². The van der Waals surface area contributed by atoms with Crippen molar-refractivity contribution < 1.29 is 14.3 Å². The smallest absolute Gasteiger partial charge is 0.322 e. The summed E-state index contributed by atoms with van der Waals surface area (Å²) in [5.74, 6) is 1.27. The number of hydrogen-bond acceptors (Lipinski definition) is 3. The Morgan fingerprint density at radius 1 is 1.29 bits per heavy atom. The molecule has 2 aromatic rings. The van der Waals surface area contributed by atoms with Crippen molar-refractivity contribution in [1.29, 1.82) is 0 Å². The molecule has 2 amide bonds. The molecule has 0 spiro atoms. The quantitative estimate of drug-likeness (QED) is 0.885. The van der Waals surface area contributed by atoms with Gasteiger partial charge in [0.25, 0.3) is 0 Å². The number of aromatic nitrogens is 1. The molecule has 128 valence electrons. The summed E-state index contributed by atoms with van der Waals surface area (Å²) in [6, 6.07) is 9.58. The number of hydrogen-bond donors (Lipinski definition) is 1. The lowest BCUT2D eigenvalue weighted by Gasteiger charge is -2.24. The van der Waals surface area contributed by atoms with Gasteiger partial charge in [-0.25, -0.2) is 4.79 Å². The maximum Gasteiger partial charge on any atom is 0.322 e. The Bertz CT molecular complexity index is 722. The van der Waals surface area contributed by atoms with Crippen LogP contribution in [0.1, 0.15) is 18.5 Å². The molecule has 1 N–H and O–H groups in total. The number of aryl methyl sites for hydroxylation is 1. The van der Waals surface area contributed by atoms with Gasteiger partial charge in [-0.2, -0.15) is 0 Å². The summed E-state index contributed by atoms with van der Waals surface area (Å²) in [5.41, 5.74) is 1.75. The summed E-state index contributed by atoms with van der Waals surface area (Å²) in [6.45, 7) is 0.596. The summed E-state index contributed by atoms with van der Waals surface area (Å²) < 4.78 is 12.6. The molecule has 0 radical (unpaired) electrons. The fourth-order valence-electron chi connectivity index (χ4n) is 2.68. The minimum Gasteiger partial charge on any atom is -0.497 e. The fourth-order valence-corrected chi connectivity index (χ4v) is 2.68. The average molecular weight is 329 g/mol. The van der Waals surface area contributed by atoms with Crippen LogP contribution in [0.5, 0.6) is 11.5 Å². The molecule has 0 unspecified atom stereocenters. The van der Waals surface area contributed by atoms with Gasteiger partial charge in [-0.3, -0.25) is 0 Å². The van der Waals surface area contributed by atoms with Crippen LogP contribution < -0.4 is 14.8 Å². The van der Waals surface area contributed by atoms with Crippen molar-refractivity contribution in [3.05, 3.63) is 42.2 Å². The zero-order chi connectivity index (χ0) is 17.1. The second kappa shape index (κ2) is 6.86. The van der Waals surface area contributed by atoms with Crippen LogP contribution in [0.2, 0.25) is 0 Å². The molecule has 1 aromatic heterocycles. The summed E-state index contributed by atoms with van der Waals surface area (Å²) >= 11 is 0. The maximum atomic E-state index is 12.8. The van der Waals surface area contributed by atoms with Gasteiger partial charge in [0.2, 0.25) is 0 Å². The largest absolute Gasteiger partial charge is 0.497 e. The molecular weight excluding hydrogens is 306 g/mol. The van der Waals surface area contributed by atoms with Gasteiger partial charge >= 0.3 is 6.03 Å². The topological polar surface area (TPSA) is 55.7 Å². The maximum absolute atomic E-state index is 12.8. The predicted molar refractivity (Wildman–Crippen MR) is 92.5 cm³/mol. The predicted octanol–water partition coefficient (Wildman–Crippen LogP) is 3.24. The summed E-state index contributed by atoms with van der Waals surface area (Å²) in [7, 11) is 5.17. The highest BCUT2D eigenvalue weighted by Crippen LogP contribution is 2.32. The van der Waals surface area contributed by atoms with Crippen LogP contribution in [0.15, 0.2) is 36.5 Å².